The quantitative estimate of drug-likeness (QED) is 0.793. The number of nitrogens with zero attached hydrogens (tertiary/aromatic N) is 1. The molecule has 0 aliphatic rings. The SMILES string of the molecule is CCN(Cc1ccc(C)c(N)c1)C(C)(C)C. The minimum Gasteiger partial charge on any atom is -0.399 e. The summed E-state index contributed by atoms with van der Waals surface area (Å²) < 4.78 is 0. The van der Waals surface area contributed by atoms with Crippen LogP contribution in [0.5, 0.6) is 0 Å². The maximum absolute atomic E-state index is 5.93. The van der Waals surface area contributed by atoms with Crippen LogP contribution in [0.25, 0.3) is 0 Å². The van der Waals surface area contributed by atoms with Gasteiger partial charge in [-0.05, 0) is 51.4 Å². The van der Waals surface area contributed by atoms with Gasteiger partial charge in [-0.1, -0.05) is 19.1 Å². The predicted octanol–water partition coefficient (Wildman–Crippen LogP) is 3.20. The summed E-state index contributed by atoms with van der Waals surface area (Å²) in [5.74, 6) is 0. The maximum atomic E-state index is 5.93. The van der Waals surface area contributed by atoms with Gasteiger partial charge in [0.05, 0.1) is 0 Å². The van der Waals surface area contributed by atoms with Gasteiger partial charge in [-0.25, -0.2) is 0 Å². The van der Waals surface area contributed by atoms with E-state index in [2.05, 4.69) is 50.8 Å². The molecule has 1 rings (SSSR count). The molecule has 0 aromatic heterocycles. The second-order valence-electron chi connectivity index (χ2n) is 5.38. The molecular formula is C14H24N2. The van der Waals surface area contributed by atoms with Crippen molar-refractivity contribution in [3.05, 3.63) is 29.3 Å². The van der Waals surface area contributed by atoms with E-state index in [4.69, 9.17) is 5.73 Å². The van der Waals surface area contributed by atoms with E-state index in [9.17, 15) is 0 Å². The van der Waals surface area contributed by atoms with E-state index in [0.717, 1.165) is 24.3 Å². The minimum absolute atomic E-state index is 0.203. The fourth-order valence-electron chi connectivity index (χ4n) is 1.83. The molecule has 0 heterocycles. The van der Waals surface area contributed by atoms with Crippen molar-refractivity contribution in [3.8, 4) is 0 Å². The van der Waals surface area contributed by atoms with Gasteiger partial charge in [0.15, 0.2) is 0 Å². The molecule has 0 amide bonds. The molecule has 16 heavy (non-hydrogen) atoms. The summed E-state index contributed by atoms with van der Waals surface area (Å²) in [6.07, 6.45) is 0. The third kappa shape index (κ3) is 3.24. The summed E-state index contributed by atoms with van der Waals surface area (Å²) in [4.78, 5) is 2.44. The summed E-state index contributed by atoms with van der Waals surface area (Å²) in [7, 11) is 0. The summed E-state index contributed by atoms with van der Waals surface area (Å²) in [5.41, 5.74) is 9.47. The van der Waals surface area contributed by atoms with E-state index in [0.29, 0.717) is 0 Å². The number of aryl methyl sites for hydroxylation is 1. The molecule has 1 aromatic rings. The van der Waals surface area contributed by atoms with Crippen molar-refractivity contribution in [2.75, 3.05) is 12.3 Å². The van der Waals surface area contributed by atoms with Crippen molar-refractivity contribution >= 4 is 5.69 Å². The fraction of sp³-hybridized carbons (Fsp3) is 0.571. The molecule has 0 bridgehead atoms. The topological polar surface area (TPSA) is 29.3 Å². The lowest BCUT2D eigenvalue weighted by Crippen LogP contribution is -2.40. The second kappa shape index (κ2) is 4.88. The normalized spacial score (nSPS) is 12.1. The zero-order valence-corrected chi connectivity index (χ0v) is 11.2. The lowest BCUT2D eigenvalue weighted by atomic mass is 10.0. The van der Waals surface area contributed by atoms with Gasteiger partial charge in [-0.3, -0.25) is 4.90 Å². The van der Waals surface area contributed by atoms with Crippen LogP contribution in [-0.2, 0) is 6.54 Å². The highest BCUT2D eigenvalue weighted by molar-refractivity contribution is 5.48. The molecule has 0 saturated carbocycles. The highest BCUT2D eigenvalue weighted by Crippen LogP contribution is 2.19. The van der Waals surface area contributed by atoms with Gasteiger partial charge in [0, 0.05) is 17.8 Å². The smallest absolute Gasteiger partial charge is 0.0346 e. The molecule has 2 N–H and O–H groups in total. The molecule has 0 radical (unpaired) electrons. The van der Waals surface area contributed by atoms with Gasteiger partial charge in [0.1, 0.15) is 0 Å². The van der Waals surface area contributed by atoms with Crippen molar-refractivity contribution in [3.63, 3.8) is 0 Å². The standard InChI is InChI=1S/C14H24N2/c1-6-16(14(3,4)5)10-12-8-7-11(2)13(15)9-12/h7-9H,6,10,15H2,1-5H3. The highest BCUT2D eigenvalue weighted by Gasteiger charge is 2.19. The van der Waals surface area contributed by atoms with Crippen LogP contribution in [-0.4, -0.2) is 17.0 Å². The Morgan fingerprint density at radius 2 is 1.88 bits per heavy atom. The molecule has 0 fully saturated rings. The average molecular weight is 220 g/mol. The third-order valence-electron chi connectivity index (χ3n) is 3.05. The first-order chi connectivity index (χ1) is 7.34. The molecule has 0 atom stereocenters. The predicted molar refractivity (Wildman–Crippen MR) is 71.4 cm³/mol. The Morgan fingerprint density at radius 1 is 1.25 bits per heavy atom. The van der Waals surface area contributed by atoms with Crippen LogP contribution in [0, 0.1) is 6.92 Å². The zero-order chi connectivity index (χ0) is 12.3. The van der Waals surface area contributed by atoms with Crippen LogP contribution in [0.1, 0.15) is 38.8 Å². The van der Waals surface area contributed by atoms with Crippen LogP contribution in [0.15, 0.2) is 18.2 Å². The van der Waals surface area contributed by atoms with E-state index < -0.39 is 0 Å². The number of anilines is 1. The molecule has 0 spiro atoms. The maximum Gasteiger partial charge on any atom is 0.0346 e. The monoisotopic (exact) mass is 220 g/mol. The number of nitrogens with two attached hydrogens (primary N) is 1. The first kappa shape index (κ1) is 13.0. The van der Waals surface area contributed by atoms with E-state index >= 15 is 0 Å². The summed E-state index contributed by atoms with van der Waals surface area (Å²) in [6, 6.07) is 6.35. The molecule has 0 saturated heterocycles. The van der Waals surface area contributed by atoms with Crippen LogP contribution < -0.4 is 5.73 Å². The van der Waals surface area contributed by atoms with Gasteiger partial charge in [-0.15, -0.1) is 0 Å². The molecular weight excluding hydrogens is 196 g/mol. The van der Waals surface area contributed by atoms with Crippen molar-refractivity contribution in [2.24, 2.45) is 0 Å². The van der Waals surface area contributed by atoms with Gasteiger partial charge < -0.3 is 5.73 Å². The van der Waals surface area contributed by atoms with Crippen LogP contribution in [0.2, 0.25) is 0 Å². The zero-order valence-electron chi connectivity index (χ0n) is 11.2. The Bertz CT molecular complexity index is 350. The number of hydrogen-bond acceptors (Lipinski definition) is 2. The minimum atomic E-state index is 0.203. The molecule has 0 unspecified atom stereocenters. The van der Waals surface area contributed by atoms with E-state index in [1.165, 1.54) is 5.56 Å². The molecule has 2 nitrogen and oxygen atoms in total. The summed E-state index contributed by atoms with van der Waals surface area (Å²) in [6.45, 7) is 13.0. The lowest BCUT2D eigenvalue weighted by molar-refractivity contribution is 0.136. The summed E-state index contributed by atoms with van der Waals surface area (Å²) >= 11 is 0. The van der Waals surface area contributed by atoms with Crippen LogP contribution >= 0.6 is 0 Å². The highest BCUT2D eigenvalue weighted by atomic mass is 15.2. The Balaban J connectivity index is 2.83. The molecule has 2 heteroatoms. The van der Waals surface area contributed by atoms with Crippen molar-refractivity contribution in [1.82, 2.24) is 4.90 Å². The third-order valence-corrected chi connectivity index (χ3v) is 3.05. The average Bonchev–Trinajstić information content (AvgIpc) is 2.18. The van der Waals surface area contributed by atoms with Crippen molar-refractivity contribution in [2.45, 2.75) is 46.7 Å². The second-order valence-corrected chi connectivity index (χ2v) is 5.38. The Labute approximate surface area is 99.5 Å². The van der Waals surface area contributed by atoms with Crippen molar-refractivity contribution < 1.29 is 0 Å². The lowest BCUT2D eigenvalue weighted by Gasteiger charge is -2.34. The van der Waals surface area contributed by atoms with Gasteiger partial charge >= 0.3 is 0 Å². The van der Waals surface area contributed by atoms with E-state index in [1.54, 1.807) is 0 Å². The van der Waals surface area contributed by atoms with Gasteiger partial charge in [0.25, 0.3) is 0 Å². The fourth-order valence-corrected chi connectivity index (χ4v) is 1.83. The molecule has 0 aliphatic heterocycles. The Kier molecular flexibility index (Phi) is 3.98. The number of hydrogen-bond donors (Lipinski definition) is 1. The first-order valence-electron chi connectivity index (χ1n) is 5.94. The first-order valence-corrected chi connectivity index (χ1v) is 5.94. The van der Waals surface area contributed by atoms with Gasteiger partial charge in [-0.2, -0.15) is 0 Å². The van der Waals surface area contributed by atoms with Gasteiger partial charge in [0.2, 0.25) is 0 Å². The largest absolute Gasteiger partial charge is 0.399 e. The number of nitrogen functional groups attached to an aromatic ring is 1. The van der Waals surface area contributed by atoms with Crippen LogP contribution in [0.3, 0.4) is 0 Å². The van der Waals surface area contributed by atoms with E-state index in [1.807, 2.05) is 6.92 Å². The molecule has 0 aliphatic carbocycles. The van der Waals surface area contributed by atoms with Crippen LogP contribution in [0.4, 0.5) is 5.69 Å². The Morgan fingerprint density at radius 3 is 2.31 bits per heavy atom. The molecule has 90 valence electrons. The Hall–Kier alpha value is -1.02. The number of rotatable bonds is 3. The number of benzene rings is 1. The van der Waals surface area contributed by atoms with Crippen molar-refractivity contribution in [1.29, 1.82) is 0 Å². The summed E-state index contributed by atoms with van der Waals surface area (Å²) in [5, 5.41) is 0. The molecule has 1 aromatic carbocycles. The van der Waals surface area contributed by atoms with E-state index in [-0.39, 0.29) is 5.54 Å².